The minimum absolute atomic E-state index is 0.0532. The van der Waals surface area contributed by atoms with E-state index in [0.717, 1.165) is 4.90 Å². The highest BCUT2D eigenvalue weighted by atomic mass is 32.2. The first-order chi connectivity index (χ1) is 11.3. The number of carbonyl (C=O) groups excluding carboxylic acids is 2. The molecule has 2 aliphatic rings. The van der Waals surface area contributed by atoms with Gasteiger partial charge in [-0.1, -0.05) is 6.07 Å². The van der Waals surface area contributed by atoms with Crippen molar-refractivity contribution in [2.24, 2.45) is 5.73 Å². The Morgan fingerprint density at radius 1 is 1.29 bits per heavy atom. The molecule has 130 valence electrons. The molecule has 3 rings (SSSR count). The normalized spacial score (nSPS) is 24.0. The molecule has 1 aromatic carbocycles. The van der Waals surface area contributed by atoms with Gasteiger partial charge in [-0.25, -0.2) is 17.6 Å². The van der Waals surface area contributed by atoms with Gasteiger partial charge in [0.05, 0.1) is 23.7 Å². The number of halogens is 1. The van der Waals surface area contributed by atoms with E-state index >= 15 is 0 Å². The summed E-state index contributed by atoms with van der Waals surface area (Å²) in [6.07, 6.45) is -1.04. The highest BCUT2D eigenvalue weighted by Gasteiger charge is 2.36. The first kappa shape index (κ1) is 16.7. The molecule has 0 saturated carbocycles. The minimum Gasteiger partial charge on any atom is -0.434 e. The molecule has 1 atom stereocenters. The first-order valence-corrected chi connectivity index (χ1v) is 9.36. The molecule has 0 unspecified atom stereocenters. The van der Waals surface area contributed by atoms with Crippen molar-refractivity contribution in [3.05, 3.63) is 29.6 Å². The number of rotatable bonds is 3. The summed E-state index contributed by atoms with van der Waals surface area (Å²) in [5.74, 6) is -1.32. The van der Waals surface area contributed by atoms with Crippen molar-refractivity contribution in [2.45, 2.75) is 24.9 Å². The summed E-state index contributed by atoms with van der Waals surface area (Å²) in [5.41, 5.74) is 5.82. The molecule has 0 bridgehead atoms. The molecule has 9 heteroatoms. The van der Waals surface area contributed by atoms with Gasteiger partial charge in [0, 0.05) is 0 Å². The standard InChI is InChI=1S/C15H17FN2O5S/c16-12-7-10(18-8-13(14(17)19)23-15(18)20)1-2-11(12)9-3-5-24(21,22)6-4-9/h1-2,7,9,13H,3-6,8H2,(H2,17,19)/t13-/m1/s1. The van der Waals surface area contributed by atoms with Gasteiger partial charge in [0.15, 0.2) is 6.10 Å². The van der Waals surface area contributed by atoms with Crippen molar-refractivity contribution < 1.29 is 27.1 Å². The Morgan fingerprint density at radius 3 is 2.50 bits per heavy atom. The van der Waals surface area contributed by atoms with E-state index in [1.165, 1.54) is 6.07 Å². The summed E-state index contributed by atoms with van der Waals surface area (Å²) in [6, 6.07) is 4.31. The lowest BCUT2D eigenvalue weighted by molar-refractivity contribution is -0.124. The molecule has 24 heavy (non-hydrogen) atoms. The lowest BCUT2D eigenvalue weighted by atomic mass is 9.93. The van der Waals surface area contributed by atoms with Crippen molar-refractivity contribution in [1.82, 2.24) is 0 Å². The number of anilines is 1. The fourth-order valence-electron chi connectivity index (χ4n) is 3.04. The van der Waals surface area contributed by atoms with Crippen molar-refractivity contribution in [1.29, 1.82) is 0 Å². The Bertz CT molecular complexity index is 781. The lowest BCUT2D eigenvalue weighted by Gasteiger charge is -2.23. The lowest BCUT2D eigenvalue weighted by Crippen LogP contribution is -2.32. The Balaban J connectivity index is 1.78. The molecule has 0 radical (unpaired) electrons. The SMILES string of the molecule is NC(=O)[C@H]1CN(c2ccc(C3CCS(=O)(=O)CC3)c(F)c2)C(=O)O1. The van der Waals surface area contributed by atoms with E-state index in [9.17, 15) is 22.4 Å². The fourth-order valence-corrected chi connectivity index (χ4v) is 4.53. The molecule has 2 N–H and O–H groups in total. The summed E-state index contributed by atoms with van der Waals surface area (Å²) >= 11 is 0. The van der Waals surface area contributed by atoms with Crippen molar-refractivity contribution in [3.8, 4) is 0 Å². The second-order valence-electron chi connectivity index (χ2n) is 6.02. The Morgan fingerprint density at radius 2 is 1.96 bits per heavy atom. The van der Waals surface area contributed by atoms with Gasteiger partial charge in [0.25, 0.3) is 5.91 Å². The number of nitrogens with zero attached hydrogens (tertiary/aromatic N) is 1. The number of ether oxygens (including phenoxy) is 1. The van der Waals surface area contributed by atoms with Gasteiger partial charge in [-0.2, -0.15) is 0 Å². The number of benzene rings is 1. The minimum atomic E-state index is -3.01. The van der Waals surface area contributed by atoms with Gasteiger partial charge >= 0.3 is 6.09 Å². The Kier molecular flexibility index (Phi) is 4.20. The van der Waals surface area contributed by atoms with Crippen LogP contribution >= 0.6 is 0 Å². The number of amides is 2. The second-order valence-corrected chi connectivity index (χ2v) is 8.32. The number of nitrogens with two attached hydrogens (primary N) is 1. The maximum absolute atomic E-state index is 14.4. The zero-order valence-corrected chi connectivity index (χ0v) is 13.6. The monoisotopic (exact) mass is 356 g/mol. The number of hydrogen-bond acceptors (Lipinski definition) is 5. The number of hydrogen-bond donors (Lipinski definition) is 1. The molecular formula is C15H17FN2O5S. The van der Waals surface area contributed by atoms with E-state index in [0.29, 0.717) is 18.4 Å². The second kappa shape index (κ2) is 6.04. The van der Waals surface area contributed by atoms with Crippen LogP contribution in [0.15, 0.2) is 18.2 Å². The smallest absolute Gasteiger partial charge is 0.415 e. The number of primary amides is 1. The molecule has 2 heterocycles. The number of cyclic esters (lactones) is 1. The van der Waals surface area contributed by atoms with Crippen molar-refractivity contribution >= 4 is 27.5 Å². The predicted molar refractivity (Wildman–Crippen MR) is 83.8 cm³/mol. The van der Waals surface area contributed by atoms with Gasteiger partial charge in [-0.3, -0.25) is 9.69 Å². The van der Waals surface area contributed by atoms with Crippen LogP contribution in [-0.2, 0) is 19.4 Å². The van der Waals surface area contributed by atoms with E-state index < -0.39 is 33.8 Å². The number of sulfone groups is 1. The number of carbonyl (C=O) groups is 2. The fraction of sp³-hybridized carbons (Fsp3) is 0.467. The van der Waals surface area contributed by atoms with Crippen LogP contribution in [0.25, 0.3) is 0 Å². The zero-order valence-electron chi connectivity index (χ0n) is 12.8. The third kappa shape index (κ3) is 3.21. The topological polar surface area (TPSA) is 107 Å². The summed E-state index contributed by atoms with van der Waals surface area (Å²) in [4.78, 5) is 24.0. The molecule has 2 saturated heterocycles. The van der Waals surface area contributed by atoms with Crippen LogP contribution in [0.5, 0.6) is 0 Å². The molecule has 7 nitrogen and oxygen atoms in total. The van der Waals surface area contributed by atoms with Crippen LogP contribution in [0.3, 0.4) is 0 Å². The van der Waals surface area contributed by atoms with Crippen molar-refractivity contribution in [3.63, 3.8) is 0 Å². The first-order valence-electron chi connectivity index (χ1n) is 7.54. The average Bonchev–Trinajstić information content (AvgIpc) is 2.90. The molecule has 2 aliphatic heterocycles. The van der Waals surface area contributed by atoms with Gasteiger partial charge in [-0.15, -0.1) is 0 Å². The van der Waals surface area contributed by atoms with Gasteiger partial charge in [0.2, 0.25) is 0 Å². The molecule has 0 aliphatic carbocycles. The van der Waals surface area contributed by atoms with Crippen molar-refractivity contribution in [2.75, 3.05) is 23.0 Å². The molecule has 2 amide bonds. The average molecular weight is 356 g/mol. The van der Waals surface area contributed by atoms with Gasteiger partial charge < -0.3 is 10.5 Å². The maximum atomic E-state index is 14.4. The quantitative estimate of drug-likeness (QED) is 0.867. The van der Waals surface area contributed by atoms with Crippen LogP contribution in [0.4, 0.5) is 14.9 Å². The van der Waals surface area contributed by atoms with E-state index in [2.05, 4.69) is 0 Å². The summed E-state index contributed by atoms with van der Waals surface area (Å²) in [7, 11) is -3.01. The van der Waals surface area contributed by atoms with Crippen LogP contribution < -0.4 is 10.6 Å². The summed E-state index contributed by atoms with van der Waals surface area (Å²) in [6.45, 7) is -0.0609. The van der Waals surface area contributed by atoms with E-state index in [1.807, 2.05) is 0 Å². The zero-order chi connectivity index (χ0) is 17.5. The molecule has 0 spiro atoms. The molecule has 0 aromatic heterocycles. The van der Waals surface area contributed by atoms with Crippen LogP contribution in [0.1, 0.15) is 24.3 Å². The third-order valence-electron chi connectivity index (χ3n) is 4.42. The van der Waals surface area contributed by atoms with Crippen LogP contribution in [0.2, 0.25) is 0 Å². The molecule has 2 fully saturated rings. The summed E-state index contributed by atoms with van der Waals surface area (Å²) in [5, 5.41) is 0. The van der Waals surface area contributed by atoms with E-state index in [1.54, 1.807) is 12.1 Å². The van der Waals surface area contributed by atoms with E-state index in [4.69, 9.17) is 10.5 Å². The van der Waals surface area contributed by atoms with Crippen LogP contribution in [0, 0.1) is 5.82 Å². The predicted octanol–water partition coefficient (Wildman–Crippen LogP) is 0.928. The van der Waals surface area contributed by atoms with Crippen LogP contribution in [-0.4, -0.2) is 44.6 Å². The maximum Gasteiger partial charge on any atom is 0.415 e. The van der Waals surface area contributed by atoms with Gasteiger partial charge in [-0.05, 0) is 36.5 Å². The van der Waals surface area contributed by atoms with E-state index in [-0.39, 0.29) is 29.7 Å². The summed E-state index contributed by atoms with van der Waals surface area (Å²) < 4.78 is 42.2. The van der Waals surface area contributed by atoms with Gasteiger partial charge in [0.1, 0.15) is 15.7 Å². The third-order valence-corrected chi connectivity index (χ3v) is 6.13. The highest BCUT2D eigenvalue weighted by molar-refractivity contribution is 7.91. The Hall–Kier alpha value is -2.16. The molecule has 1 aromatic rings. The Labute approximate surface area is 138 Å². The molecular weight excluding hydrogens is 339 g/mol. The largest absolute Gasteiger partial charge is 0.434 e. The highest BCUT2D eigenvalue weighted by Crippen LogP contribution is 2.33.